The molecule has 0 aromatic carbocycles. The molecular formula is C12H24N2. The van der Waals surface area contributed by atoms with Gasteiger partial charge in [-0.15, -0.1) is 13.2 Å². The predicted octanol–water partition coefficient (Wildman–Crippen LogP) is 2.18. The average Bonchev–Trinajstić information content (AvgIpc) is 2.12. The van der Waals surface area contributed by atoms with E-state index < -0.39 is 0 Å². The molecule has 0 heterocycles. The summed E-state index contributed by atoms with van der Waals surface area (Å²) < 4.78 is 0. The van der Waals surface area contributed by atoms with Gasteiger partial charge in [0.1, 0.15) is 0 Å². The van der Waals surface area contributed by atoms with E-state index in [2.05, 4.69) is 25.0 Å². The summed E-state index contributed by atoms with van der Waals surface area (Å²) in [4.78, 5) is 2.33. The second-order valence-electron chi connectivity index (χ2n) is 3.81. The quantitative estimate of drug-likeness (QED) is 0.452. The fourth-order valence-corrected chi connectivity index (χ4v) is 1.42. The van der Waals surface area contributed by atoms with Gasteiger partial charge in [0.05, 0.1) is 0 Å². The molecule has 0 saturated heterocycles. The maximum Gasteiger partial charge on any atom is 0.0163 e. The molecule has 0 aliphatic rings. The third-order valence-electron chi connectivity index (χ3n) is 2.16. The molecule has 0 fully saturated rings. The van der Waals surface area contributed by atoms with E-state index in [-0.39, 0.29) is 0 Å². The molecule has 82 valence electrons. The van der Waals surface area contributed by atoms with Gasteiger partial charge in [0, 0.05) is 19.1 Å². The Balaban J connectivity index is 3.49. The van der Waals surface area contributed by atoms with Crippen molar-refractivity contribution >= 4 is 0 Å². The standard InChI is InChI=1S/C12H24N2/c1-4-9-14(10-5-2)11-7-6-8-12(3)13/h4-5,12H,1-2,6-11,13H2,3H3. The third kappa shape index (κ3) is 8.02. The van der Waals surface area contributed by atoms with Crippen LogP contribution in [0, 0.1) is 0 Å². The summed E-state index contributed by atoms with van der Waals surface area (Å²) in [5, 5.41) is 0. The van der Waals surface area contributed by atoms with Crippen molar-refractivity contribution in [2.45, 2.75) is 32.2 Å². The van der Waals surface area contributed by atoms with Crippen LogP contribution < -0.4 is 5.73 Å². The van der Waals surface area contributed by atoms with Crippen molar-refractivity contribution in [2.75, 3.05) is 19.6 Å². The van der Waals surface area contributed by atoms with Crippen LogP contribution in [0.15, 0.2) is 25.3 Å². The van der Waals surface area contributed by atoms with E-state index >= 15 is 0 Å². The van der Waals surface area contributed by atoms with Crippen molar-refractivity contribution in [1.29, 1.82) is 0 Å². The van der Waals surface area contributed by atoms with Gasteiger partial charge >= 0.3 is 0 Å². The molecule has 1 unspecified atom stereocenters. The van der Waals surface area contributed by atoms with Gasteiger partial charge in [0.2, 0.25) is 0 Å². The Labute approximate surface area is 88.5 Å². The summed E-state index contributed by atoms with van der Waals surface area (Å²) in [5.74, 6) is 0. The molecule has 0 bridgehead atoms. The minimum atomic E-state index is 0.335. The van der Waals surface area contributed by atoms with E-state index in [4.69, 9.17) is 5.73 Å². The van der Waals surface area contributed by atoms with Crippen molar-refractivity contribution in [3.8, 4) is 0 Å². The van der Waals surface area contributed by atoms with E-state index in [1.165, 1.54) is 12.8 Å². The number of hydrogen-bond donors (Lipinski definition) is 1. The Morgan fingerprint density at radius 1 is 1.21 bits per heavy atom. The van der Waals surface area contributed by atoms with Gasteiger partial charge < -0.3 is 5.73 Å². The van der Waals surface area contributed by atoms with E-state index in [1.54, 1.807) is 0 Å². The molecule has 14 heavy (non-hydrogen) atoms. The average molecular weight is 196 g/mol. The molecule has 2 N–H and O–H groups in total. The molecule has 0 spiro atoms. The van der Waals surface area contributed by atoms with Gasteiger partial charge in [0.15, 0.2) is 0 Å². The van der Waals surface area contributed by atoms with Crippen molar-refractivity contribution in [1.82, 2.24) is 4.90 Å². The highest BCUT2D eigenvalue weighted by Crippen LogP contribution is 2.01. The lowest BCUT2D eigenvalue weighted by Crippen LogP contribution is -2.25. The van der Waals surface area contributed by atoms with Gasteiger partial charge in [-0.25, -0.2) is 0 Å². The first-order valence-electron chi connectivity index (χ1n) is 5.40. The zero-order valence-corrected chi connectivity index (χ0v) is 9.41. The first kappa shape index (κ1) is 13.4. The van der Waals surface area contributed by atoms with E-state index in [9.17, 15) is 0 Å². The Morgan fingerprint density at radius 2 is 1.79 bits per heavy atom. The van der Waals surface area contributed by atoms with Gasteiger partial charge in [-0.05, 0) is 26.3 Å². The molecule has 0 rings (SSSR count). The zero-order valence-electron chi connectivity index (χ0n) is 9.41. The highest BCUT2D eigenvalue weighted by Gasteiger charge is 2.00. The first-order valence-corrected chi connectivity index (χ1v) is 5.40. The monoisotopic (exact) mass is 196 g/mol. The maximum absolute atomic E-state index is 5.68. The number of nitrogens with zero attached hydrogens (tertiary/aromatic N) is 1. The lowest BCUT2D eigenvalue weighted by molar-refractivity contribution is 0.323. The SMILES string of the molecule is C=CCN(CC=C)CCCCC(C)N. The minimum absolute atomic E-state index is 0.335. The molecule has 1 atom stereocenters. The molecule has 0 aliphatic heterocycles. The number of unbranched alkanes of at least 4 members (excludes halogenated alkanes) is 1. The fraction of sp³-hybridized carbons (Fsp3) is 0.667. The van der Waals surface area contributed by atoms with Crippen LogP contribution in [0.4, 0.5) is 0 Å². The lowest BCUT2D eigenvalue weighted by atomic mass is 10.1. The summed E-state index contributed by atoms with van der Waals surface area (Å²) in [7, 11) is 0. The molecule has 0 amide bonds. The highest BCUT2D eigenvalue weighted by molar-refractivity contribution is 4.79. The van der Waals surface area contributed by atoms with Gasteiger partial charge in [0.25, 0.3) is 0 Å². The van der Waals surface area contributed by atoms with Crippen LogP contribution in [0.25, 0.3) is 0 Å². The predicted molar refractivity (Wildman–Crippen MR) is 64.3 cm³/mol. The molecule has 0 aliphatic carbocycles. The number of hydrogen-bond acceptors (Lipinski definition) is 2. The Bertz CT molecular complexity index is 142. The lowest BCUT2D eigenvalue weighted by Gasteiger charge is -2.18. The van der Waals surface area contributed by atoms with Crippen LogP contribution in [-0.4, -0.2) is 30.6 Å². The summed E-state index contributed by atoms with van der Waals surface area (Å²) >= 11 is 0. The van der Waals surface area contributed by atoms with Crippen molar-refractivity contribution in [3.63, 3.8) is 0 Å². The Morgan fingerprint density at radius 3 is 2.21 bits per heavy atom. The molecule has 0 aromatic heterocycles. The maximum atomic E-state index is 5.68. The van der Waals surface area contributed by atoms with Gasteiger partial charge in [-0.2, -0.15) is 0 Å². The number of rotatable bonds is 9. The molecule has 0 radical (unpaired) electrons. The van der Waals surface area contributed by atoms with Crippen LogP contribution in [-0.2, 0) is 0 Å². The van der Waals surface area contributed by atoms with Crippen LogP contribution in [0.5, 0.6) is 0 Å². The molecular weight excluding hydrogens is 172 g/mol. The summed E-state index contributed by atoms with van der Waals surface area (Å²) in [6, 6.07) is 0.335. The van der Waals surface area contributed by atoms with Crippen LogP contribution in [0.3, 0.4) is 0 Å². The second-order valence-corrected chi connectivity index (χ2v) is 3.81. The minimum Gasteiger partial charge on any atom is -0.328 e. The first-order chi connectivity index (χ1) is 6.70. The van der Waals surface area contributed by atoms with E-state index in [1.807, 2.05) is 12.2 Å². The van der Waals surface area contributed by atoms with Crippen LogP contribution >= 0.6 is 0 Å². The largest absolute Gasteiger partial charge is 0.328 e. The summed E-state index contributed by atoms with van der Waals surface area (Å²) in [5.41, 5.74) is 5.68. The second kappa shape index (κ2) is 8.97. The van der Waals surface area contributed by atoms with Crippen molar-refractivity contribution in [2.24, 2.45) is 5.73 Å². The van der Waals surface area contributed by atoms with E-state index in [0.29, 0.717) is 6.04 Å². The summed E-state index contributed by atoms with van der Waals surface area (Å²) in [6.07, 6.45) is 7.42. The molecule has 2 nitrogen and oxygen atoms in total. The van der Waals surface area contributed by atoms with Gasteiger partial charge in [-0.1, -0.05) is 18.6 Å². The smallest absolute Gasteiger partial charge is 0.0163 e. The number of nitrogens with two attached hydrogens (primary N) is 1. The zero-order chi connectivity index (χ0) is 10.8. The van der Waals surface area contributed by atoms with Crippen molar-refractivity contribution < 1.29 is 0 Å². The fourth-order valence-electron chi connectivity index (χ4n) is 1.42. The summed E-state index contributed by atoms with van der Waals surface area (Å²) in [6.45, 7) is 12.6. The Kier molecular flexibility index (Phi) is 8.59. The van der Waals surface area contributed by atoms with Gasteiger partial charge in [-0.3, -0.25) is 4.90 Å². The van der Waals surface area contributed by atoms with Crippen molar-refractivity contribution in [3.05, 3.63) is 25.3 Å². The topological polar surface area (TPSA) is 29.3 Å². The highest BCUT2D eigenvalue weighted by atomic mass is 15.1. The van der Waals surface area contributed by atoms with Crippen LogP contribution in [0.1, 0.15) is 26.2 Å². The normalized spacial score (nSPS) is 12.8. The molecule has 2 heteroatoms. The third-order valence-corrected chi connectivity index (χ3v) is 2.16. The Hall–Kier alpha value is -0.600. The molecule has 0 saturated carbocycles. The molecule has 0 aromatic rings. The van der Waals surface area contributed by atoms with E-state index in [0.717, 1.165) is 26.1 Å². The van der Waals surface area contributed by atoms with Crippen LogP contribution in [0.2, 0.25) is 0 Å².